The molecule has 0 aliphatic carbocycles. The van der Waals surface area contributed by atoms with Gasteiger partial charge in [-0.15, -0.1) is 13.2 Å². The highest BCUT2D eigenvalue weighted by Gasteiger charge is 2.40. The fraction of sp³-hybridized carbons (Fsp3) is 0.400. The standard InChI is InChI=1S/C20H26N2O3/c1-5-13-22(14-6-2)20(24)17-11-12-18(23)21(3)19(17)15-7-9-16(25-4)10-8-15/h5-10,17,19H,1-2,11-14H2,3-4H3/t17-,19-/m1/s1. The third-order valence-corrected chi connectivity index (χ3v) is 4.65. The molecular weight excluding hydrogens is 316 g/mol. The van der Waals surface area contributed by atoms with E-state index >= 15 is 0 Å². The molecule has 1 fully saturated rings. The van der Waals surface area contributed by atoms with Crippen LogP contribution in [0.2, 0.25) is 0 Å². The molecule has 0 saturated carbocycles. The van der Waals surface area contributed by atoms with Crippen LogP contribution in [0.3, 0.4) is 0 Å². The van der Waals surface area contributed by atoms with Crippen LogP contribution in [0, 0.1) is 5.92 Å². The Balaban J connectivity index is 2.34. The van der Waals surface area contributed by atoms with Crippen LogP contribution in [0.5, 0.6) is 5.75 Å². The maximum absolute atomic E-state index is 13.1. The van der Waals surface area contributed by atoms with Crippen LogP contribution in [0.1, 0.15) is 24.4 Å². The molecule has 2 rings (SSSR count). The van der Waals surface area contributed by atoms with E-state index in [1.807, 2.05) is 24.3 Å². The number of carbonyl (C=O) groups excluding carboxylic acids is 2. The summed E-state index contributed by atoms with van der Waals surface area (Å²) in [5.41, 5.74) is 0.937. The number of methoxy groups -OCH3 is 1. The smallest absolute Gasteiger partial charge is 0.228 e. The van der Waals surface area contributed by atoms with Gasteiger partial charge < -0.3 is 14.5 Å². The predicted molar refractivity (Wildman–Crippen MR) is 98.2 cm³/mol. The molecule has 134 valence electrons. The molecule has 0 spiro atoms. The third kappa shape index (κ3) is 4.10. The highest BCUT2D eigenvalue weighted by molar-refractivity contribution is 5.85. The number of likely N-dealkylation sites (tertiary alicyclic amines) is 1. The SMILES string of the molecule is C=CCN(CC=C)C(=O)[C@@H]1CCC(=O)N(C)[C@@H]1c1ccc(OC)cc1. The normalized spacial score (nSPS) is 20.1. The fourth-order valence-corrected chi connectivity index (χ4v) is 3.35. The molecule has 1 aromatic rings. The van der Waals surface area contributed by atoms with E-state index in [2.05, 4.69) is 13.2 Å². The molecular formula is C20H26N2O3. The molecule has 1 saturated heterocycles. The number of ether oxygens (including phenoxy) is 1. The van der Waals surface area contributed by atoms with Crippen molar-refractivity contribution in [3.05, 3.63) is 55.1 Å². The maximum atomic E-state index is 13.1. The van der Waals surface area contributed by atoms with Crippen molar-refractivity contribution in [2.45, 2.75) is 18.9 Å². The summed E-state index contributed by atoms with van der Waals surface area (Å²) in [6.07, 6.45) is 4.35. The van der Waals surface area contributed by atoms with E-state index in [0.717, 1.165) is 11.3 Å². The monoisotopic (exact) mass is 342 g/mol. The van der Waals surface area contributed by atoms with Gasteiger partial charge in [0.25, 0.3) is 0 Å². The minimum Gasteiger partial charge on any atom is -0.497 e. The lowest BCUT2D eigenvalue weighted by Crippen LogP contribution is -2.47. The average Bonchev–Trinajstić information content (AvgIpc) is 2.63. The van der Waals surface area contributed by atoms with E-state index in [0.29, 0.717) is 25.9 Å². The molecule has 0 unspecified atom stereocenters. The minimum atomic E-state index is -0.281. The first kappa shape index (κ1) is 18.8. The first-order valence-electron chi connectivity index (χ1n) is 8.43. The predicted octanol–water partition coefficient (Wildman–Crippen LogP) is 2.81. The Bertz CT molecular complexity index is 629. The van der Waals surface area contributed by atoms with Gasteiger partial charge in [0, 0.05) is 26.6 Å². The highest BCUT2D eigenvalue weighted by atomic mass is 16.5. The molecule has 1 aliphatic heterocycles. The van der Waals surface area contributed by atoms with Crippen LogP contribution in [-0.4, -0.2) is 48.9 Å². The van der Waals surface area contributed by atoms with Crippen LogP contribution in [0.15, 0.2) is 49.6 Å². The number of rotatable bonds is 7. The lowest BCUT2D eigenvalue weighted by Gasteiger charge is -2.40. The summed E-state index contributed by atoms with van der Waals surface area (Å²) in [6, 6.07) is 7.27. The second-order valence-corrected chi connectivity index (χ2v) is 6.19. The zero-order chi connectivity index (χ0) is 18.4. The number of carbonyl (C=O) groups is 2. The summed E-state index contributed by atoms with van der Waals surface area (Å²) < 4.78 is 5.20. The van der Waals surface area contributed by atoms with E-state index < -0.39 is 0 Å². The number of benzene rings is 1. The molecule has 5 heteroatoms. The topological polar surface area (TPSA) is 49.9 Å². The lowest BCUT2D eigenvalue weighted by molar-refractivity contribution is -0.146. The molecule has 0 bridgehead atoms. The Morgan fingerprint density at radius 2 is 1.88 bits per heavy atom. The van der Waals surface area contributed by atoms with Crippen molar-refractivity contribution >= 4 is 11.8 Å². The van der Waals surface area contributed by atoms with E-state index in [4.69, 9.17) is 4.74 Å². The van der Waals surface area contributed by atoms with Gasteiger partial charge in [-0.1, -0.05) is 24.3 Å². The van der Waals surface area contributed by atoms with Gasteiger partial charge in [-0.3, -0.25) is 9.59 Å². The van der Waals surface area contributed by atoms with Crippen LogP contribution >= 0.6 is 0 Å². The molecule has 5 nitrogen and oxygen atoms in total. The van der Waals surface area contributed by atoms with Crippen molar-refractivity contribution < 1.29 is 14.3 Å². The second kappa shape index (κ2) is 8.51. The summed E-state index contributed by atoms with van der Waals surface area (Å²) in [4.78, 5) is 28.8. The Labute approximate surface area is 149 Å². The number of nitrogens with zero attached hydrogens (tertiary/aromatic N) is 2. The summed E-state index contributed by atoms with van der Waals surface area (Å²) in [6.45, 7) is 8.39. The zero-order valence-corrected chi connectivity index (χ0v) is 15.0. The van der Waals surface area contributed by atoms with E-state index in [-0.39, 0.29) is 23.8 Å². The molecule has 0 N–H and O–H groups in total. The summed E-state index contributed by atoms with van der Waals surface area (Å²) in [7, 11) is 3.38. The zero-order valence-electron chi connectivity index (χ0n) is 15.0. The van der Waals surface area contributed by atoms with E-state index in [1.165, 1.54) is 0 Å². The molecule has 0 radical (unpaired) electrons. The van der Waals surface area contributed by atoms with Gasteiger partial charge in [-0.05, 0) is 24.1 Å². The molecule has 0 aromatic heterocycles. The van der Waals surface area contributed by atoms with Crippen LogP contribution < -0.4 is 4.74 Å². The number of piperidine rings is 1. The van der Waals surface area contributed by atoms with Gasteiger partial charge in [0.1, 0.15) is 5.75 Å². The Kier molecular flexibility index (Phi) is 6.39. The van der Waals surface area contributed by atoms with Gasteiger partial charge in [-0.2, -0.15) is 0 Å². The van der Waals surface area contributed by atoms with Gasteiger partial charge in [-0.25, -0.2) is 0 Å². The third-order valence-electron chi connectivity index (χ3n) is 4.65. The Morgan fingerprint density at radius 3 is 2.40 bits per heavy atom. The molecule has 25 heavy (non-hydrogen) atoms. The van der Waals surface area contributed by atoms with Gasteiger partial charge in [0.05, 0.1) is 19.1 Å². The first-order chi connectivity index (χ1) is 12.0. The lowest BCUT2D eigenvalue weighted by atomic mass is 9.83. The molecule has 1 heterocycles. The minimum absolute atomic E-state index is 0.0277. The number of hydrogen-bond donors (Lipinski definition) is 0. The summed E-state index contributed by atoms with van der Waals surface area (Å²) in [5.74, 6) is 0.552. The fourth-order valence-electron chi connectivity index (χ4n) is 3.35. The summed E-state index contributed by atoms with van der Waals surface area (Å²) >= 11 is 0. The van der Waals surface area contributed by atoms with Gasteiger partial charge >= 0.3 is 0 Å². The van der Waals surface area contributed by atoms with Crippen LogP contribution in [0.25, 0.3) is 0 Å². The highest BCUT2D eigenvalue weighted by Crippen LogP contribution is 2.37. The largest absolute Gasteiger partial charge is 0.497 e. The average molecular weight is 342 g/mol. The molecule has 2 atom stereocenters. The van der Waals surface area contributed by atoms with Gasteiger partial charge in [0.2, 0.25) is 11.8 Å². The Morgan fingerprint density at radius 1 is 1.28 bits per heavy atom. The van der Waals surface area contributed by atoms with Crippen molar-refractivity contribution in [3.8, 4) is 5.75 Å². The second-order valence-electron chi connectivity index (χ2n) is 6.19. The van der Waals surface area contributed by atoms with E-state index in [9.17, 15) is 9.59 Å². The van der Waals surface area contributed by atoms with Crippen molar-refractivity contribution in [1.82, 2.24) is 9.80 Å². The molecule has 1 aromatic carbocycles. The van der Waals surface area contributed by atoms with Crippen molar-refractivity contribution in [1.29, 1.82) is 0 Å². The van der Waals surface area contributed by atoms with E-state index in [1.54, 1.807) is 36.1 Å². The molecule has 1 aliphatic rings. The number of hydrogen-bond acceptors (Lipinski definition) is 3. The Hall–Kier alpha value is -2.56. The maximum Gasteiger partial charge on any atom is 0.228 e. The first-order valence-corrected chi connectivity index (χ1v) is 8.43. The van der Waals surface area contributed by atoms with Crippen LogP contribution in [-0.2, 0) is 9.59 Å². The molecule has 2 amide bonds. The van der Waals surface area contributed by atoms with Crippen molar-refractivity contribution in [2.75, 3.05) is 27.2 Å². The van der Waals surface area contributed by atoms with Crippen molar-refractivity contribution in [2.24, 2.45) is 5.92 Å². The van der Waals surface area contributed by atoms with Crippen molar-refractivity contribution in [3.63, 3.8) is 0 Å². The van der Waals surface area contributed by atoms with Crippen LogP contribution in [0.4, 0.5) is 0 Å². The van der Waals surface area contributed by atoms with Gasteiger partial charge in [0.15, 0.2) is 0 Å². The summed E-state index contributed by atoms with van der Waals surface area (Å²) in [5, 5.41) is 0. The number of amides is 2. The quantitative estimate of drug-likeness (QED) is 0.716.